The molecule has 0 saturated heterocycles. The molecule has 0 saturated carbocycles. The molecule has 0 heterocycles. The number of amides is 3. The fourth-order valence-corrected chi connectivity index (χ4v) is 0.839. The summed E-state index contributed by atoms with van der Waals surface area (Å²) in [4.78, 5) is 22.6. The molecule has 0 aromatic carbocycles. The van der Waals surface area contributed by atoms with Crippen molar-refractivity contribution in [2.75, 3.05) is 7.05 Å². The van der Waals surface area contributed by atoms with Crippen molar-refractivity contribution in [3.05, 3.63) is 0 Å². The van der Waals surface area contributed by atoms with E-state index < -0.39 is 18.0 Å². The number of halogens is 2. The van der Waals surface area contributed by atoms with Crippen molar-refractivity contribution >= 4 is 39.9 Å². The van der Waals surface area contributed by atoms with Gasteiger partial charge in [-0.3, -0.25) is 9.69 Å². The summed E-state index contributed by atoms with van der Waals surface area (Å²) in [6.45, 7) is 1.26. The van der Waals surface area contributed by atoms with Crippen molar-refractivity contribution in [3.63, 3.8) is 0 Å². The molecular formula is C5H8BrClN2O3. The number of nitrogens with zero attached hydrogens (tertiary/aromatic N) is 2. The predicted octanol–water partition coefficient (Wildman–Crippen LogP) is 0.711. The van der Waals surface area contributed by atoms with Gasteiger partial charge in [0.1, 0.15) is 6.10 Å². The Bertz CT molecular complexity index is 177. The molecule has 0 aliphatic carbocycles. The minimum atomic E-state index is -1.22. The lowest BCUT2D eigenvalue weighted by Gasteiger charge is -2.17. The molecule has 0 fully saturated rings. The minimum Gasteiger partial charge on any atom is -0.384 e. The highest BCUT2D eigenvalue weighted by Gasteiger charge is 2.23. The van der Waals surface area contributed by atoms with Crippen LogP contribution in [0.3, 0.4) is 0 Å². The van der Waals surface area contributed by atoms with E-state index in [1.165, 1.54) is 14.0 Å². The molecule has 0 aliphatic rings. The van der Waals surface area contributed by atoms with Crippen molar-refractivity contribution in [2.24, 2.45) is 0 Å². The highest BCUT2D eigenvalue weighted by molar-refractivity contribution is 9.08. The largest absolute Gasteiger partial charge is 0.384 e. The lowest BCUT2D eigenvalue weighted by atomic mass is 10.4. The quantitative estimate of drug-likeness (QED) is 0.706. The molecule has 70 valence electrons. The van der Waals surface area contributed by atoms with Gasteiger partial charge in [0.2, 0.25) is 0 Å². The maximum atomic E-state index is 10.9. The number of aliphatic hydroxyl groups excluding tert-OH is 1. The Labute approximate surface area is 83.3 Å². The topological polar surface area (TPSA) is 60.9 Å². The Hall–Kier alpha value is -0.330. The maximum Gasteiger partial charge on any atom is 0.351 e. The van der Waals surface area contributed by atoms with Crippen molar-refractivity contribution in [1.29, 1.82) is 0 Å². The number of rotatable bonds is 1. The third kappa shape index (κ3) is 2.96. The van der Waals surface area contributed by atoms with Crippen LogP contribution >= 0.6 is 27.9 Å². The second kappa shape index (κ2) is 4.64. The van der Waals surface area contributed by atoms with Gasteiger partial charge in [-0.05, 0) is 6.92 Å². The Kier molecular flexibility index (Phi) is 4.51. The van der Waals surface area contributed by atoms with E-state index >= 15 is 0 Å². The first kappa shape index (κ1) is 11.7. The van der Waals surface area contributed by atoms with Gasteiger partial charge in [-0.15, -0.1) is 0 Å². The van der Waals surface area contributed by atoms with Crippen molar-refractivity contribution in [1.82, 2.24) is 8.34 Å². The predicted molar refractivity (Wildman–Crippen MR) is 46.5 cm³/mol. The molecule has 0 aromatic heterocycles. The number of hydrogen-bond acceptors (Lipinski definition) is 3. The first-order valence-corrected chi connectivity index (χ1v) is 4.04. The van der Waals surface area contributed by atoms with Gasteiger partial charge in [0, 0.05) is 18.8 Å². The van der Waals surface area contributed by atoms with E-state index in [0.29, 0.717) is 8.34 Å². The number of hydrogen-bond donors (Lipinski definition) is 1. The smallest absolute Gasteiger partial charge is 0.351 e. The van der Waals surface area contributed by atoms with Crippen LogP contribution in [0.5, 0.6) is 0 Å². The highest BCUT2D eigenvalue weighted by Crippen LogP contribution is 2.07. The number of imide groups is 1. The van der Waals surface area contributed by atoms with E-state index in [2.05, 4.69) is 16.1 Å². The van der Waals surface area contributed by atoms with Gasteiger partial charge >= 0.3 is 6.03 Å². The number of carbonyl (C=O) groups is 2. The minimum absolute atomic E-state index is 0.549. The molecule has 0 bridgehead atoms. The first-order chi connectivity index (χ1) is 5.37. The Balaban J connectivity index is 4.30. The third-order valence-electron chi connectivity index (χ3n) is 1.12. The van der Waals surface area contributed by atoms with Crippen LogP contribution < -0.4 is 0 Å². The van der Waals surface area contributed by atoms with Crippen LogP contribution in [-0.4, -0.2) is 38.5 Å². The first-order valence-electron chi connectivity index (χ1n) is 2.99. The van der Waals surface area contributed by atoms with Crippen LogP contribution in [0.2, 0.25) is 0 Å². The monoisotopic (exact) mass is 258 g/mol. The third-order valence-corrected chi connectivity index (χ3v) is 1.57. The van der Waals surface area contributed by atoms with Crippen molar-refractivity contribution in [2.45, 2.75) is 13.0 Å². The Morgan fingerprint density at radius 1 is 1.58 bits per heavy atom. The van der Waals surface area contributed by atoms with Gasteiger partial charge in [-0.1, -0.05) is 0 Å². The molecule has 0 aromatic rings. The number of carbonyl (C=O) groups excluding carboxylic acids is 2. The zero-order chi connectivity index (χ0) is 9.89. The summed E-state index contributed by atoms with van der Waals surface area (Å²) in [7, 11) is 1.22. The van der Waals surface area contributed by atoms with Crippen LogP contribution in [0.25, 0.3) is 0 Å². The van der Waals surface area contributed by atoms with Crippen LogP contribution in [0.15, 0.2) is 0 Å². The molecule has 0 radical (unpaired) electrons. The zero-order valence-electron chi connectivity index (χ0n) is 6.49. The summed E-state index contributed by atoms with van der Waals surface area (Å²) < 4.78 is 0.549. The van der Waals surface area contributed by atoms with Gasteiger partial charge in [-0.25, -0.2) is 4.79 Å². The summed E-state index contributed by atoms with van der Waals surface area (Å²) in [5.74, 6) is -0.718. The van der Waals surface area contributed by atoms with Gasteiger partial charge in [-0.2, -0.15) is 3.45 Å². The number of likely N-dealkylation sites (N-methyl/N-ethyl adjacent to an activating group) is 1. The molecule has 3 amide bonds. The maximum absolute atomic E-state index is 10.9. The number of aliphatic hydroxyl groups is 1. The molecule has 0 rings (SSSR count). The molecule has 1 unspecified atom stereocenters. The van der Waals surface area contributed by atoms with Crippen molar-refractivity contribution in [3.8, 4) is 0 Å². The van der Waals surface area contributed by atoms with E-state index in [1.807, 2.05) is 0 Å². The second-order valence-corrected chi connectivity index (χ2v) is 3.54. The average molecular weight is 259 g/mol. The van der Waals surface area contributed by atoms with Crippen molar-refractivity contribution < 1.29 is 14.7 Å². The molecule has 1 N–H and O–H groups in total. The Morgan fingerprint density at radius 2 is 2.00 bits per heavy atom. The fourth-order valence-electron chi connectivity index (χ4n) is 0.488. The Morgan fingerprint density at radius 3 is 2.25 bits per heavy atom. The van der Waals surface area contributed by atoms with E-state index in [4.69, 9.17) is 16.9 Å². The number of urea groups is 1. The van der Waals surface area contributed by atoms with E-state index in [0.717, 1.165) is 0 Å². The van der Waals surface area contributed by atoms with E-state index in [9.17, 15) is 9.59 Å². The molecule has 0 spiro atoms. The van der Waals surface area contributed by atoms with Crippen LogP contribution in [0, 0.1) is 0 Å². The van der Waals surface area contributed by atoms with Crippen LogP contribution in [0.4, 0.5) is 4.79 Å². The molecular weight excluding hydrogens is 251 g/mol. The summed E-state index contributed by atoms with van der Waals surface area (Å²) in [6, 6.07) is -0.762. The van der Waals surface area contributed by atoms with Gasteiger partial charge < -0.3 is 5.11 Å². The zero-order valence-corrected chi connectivity index (χ0v) is 8.83. The van der Waals surface area contributed by atoms with E-state index in [-0.39, 0.29) is 0 Å². The average Bonchev–Trinajstić information content (AvgIpc) is 2.00. The summed E-state index contributed by atoms with van der Waals surface area (Å²) >= 11 is 7.83. The fraction of sp³-hybridized carbons (Fsp3) is 0.600. The standard InChI is InChI=1S/C5H8BrClN2O3/c1-3(10)4(11)8(2)5(12)9(6)7/h3,10H,1-2H3. The van der Waals surface area contributed by atoms with Gasteiger partial charge in [0.05, 0.1) is 16.1 Å². The van der Waals surface area contributed by atoms with Crippen LogP contribution in [-0.2, 0) is 4.79 Å². The second-order valence-electron chi connectivity index (χ2n) is 2.09. The summed E-state index contributed by atoms with van der Waals surface area (Å²) in [6.07, 6.45) is -1.22. The van der Waals surface area contributed by atoms with Crippen LogP contribution in [0.1, 0.15) is 6.92 Å². The summed E-state index contributed by atoms with van der Waals surface area (Å²) in [5.41, 5.74) is 0. The van der Waals surface area contributed by atoms with E-state index in [1.54, 1.807) is 0 Å². The highest BCUT2D eigenvalue weighted by atomic mass is 79.9. The molecule has 0 aliphatic heterocycles. The lowest BCUT2D eigenvalue weighted by molar-refractivity contribution is -0.135. The summed E-state index contributed by atoms with van der Waals surface area (Å²) in [5, 5.41) is 8.80. The normalized spacial score (nSPS) is 12.1. The molecule has 1 atom stereocenters. The van der Waals surface area contributed by atoms with Gasteiger partial charge in [0.25, 0.3) is 5.91 Å². The van der Waals surface area contributed by atoms with Gasteiger partial charge in [0.15, 0.2) is 0 Å². The molecule has 7 heteroatoms. The SMILES string of the molecule is CC(O)C(=O)N(C)C(=O)N(Cl)Br. The molecule has 12 heavy (non-hydrogen) atoms. The lowest BCUT2D eigenvalue weighted by Crippen LogP contribution is -2.41. The molecule has 5 nitrogen and oxygen atoms in total.